The Labute approximate surface area is 113 Å². The van der Waals surface area contributed by atoms with E-state index in [4.69, 9.17) is 4.74 Å². The first kappa shape index (κ1) is 13.8. The van der Waals surface area contributed by atoms with Crippen molar-refractivity contribution in [2.45, 2.75) is 13.0 Å². The summed E-state index contributed by atoms with van der Waals surface area (Å²) in [6.07, 6.45) is 0. The third-order valence-electron chi connectivity index (χ3n) is 3.19. The molecule has 0 bridgehead atoms. The van der Waals surface area contributed by atoms with E-state index in [2.05, 4.69) is 22.5 Å². The Morgan fingerprint density at radius 3 is 2.84 bits per heavy atom. The molecular formula is C14H21N3O2. The molecule has 1 amide bonds. The fourth-order valence-electron chi connectivity index (χ4n) is 2.23. The summed E-state index contributed by atoms with van der Waals surface area (Å²) in [6, 6.07) is 7.81. The maximum Gasteiger partial charge on any atom is 0.238 e. The van der Waals surface area contributed by atoms with Crippen molar-refractivity contribution < 1.29 is 9.53 Å². The summed E-state index contributed by atoms with van der Waals surface area (Å²) in [7, 11) is 1.62. The molecule has 1 saturated heterocycles. The van der Waals surface area contributed by atoms with Crippen LogP contribution in [0.5, 0.6) is 5.75 Å². The number of hydrogen-bond donors (Lipinski definition) is 2. The van der Waals surface area contributed by atoms with E-state index >= 15 is 0 Å². The molecule has 1 aromatic rings. The number of piperazine rings is 1. The third kappa shape index (κ3) is 4.22. The molecule has 0 aliphatic carbocycles. The van der Waals surface area contributed by atoms with Gasteiger partial charge in [0.25, 0.3) is 0 Å². The normalized spacial score (nSPS) is 20.0. The predicted octanol–water partition coefficient (Wildman–Crippen LogP) is 0.927. The van der Waals surface area contributed by atoms with Crippen molar-refractivity contribution in [1.82, 2.24) is 10.2 Å². The lowest BCUT2D eigenvalue weighted by molar-refractivity contribution is -0.117. The van der Waals surface area contributed by atoms with Crippen molar-refractivity contribution in [2.75, 3.05) is 38.6 Å². The molecule has 0 radical (unpaired) electrons. The van der Waals surface area contributed by atoms with Gasteiger partial charge in [0.15, 0.2) is 0 Å². The number of nitrogens with one attached hydrogen (secondary N) is 2. The minimum absolute atomic E-state index is 0.0271. The van der Waals surface area contributed by atoms with Gasteiger partial charge in [0.1, 0.15) is 5.75 Å². The van der Waals surface area contributed by atoms with Crippen LogP contribution in [0.15, 0.2) is 24.3 Å². The molecule has 1 fully saturated rings. The van der Waals surface area contributed by atoms with E-state index in [1.165, 1.54) is 0 Å². The molecule has 1 heterocycles. The van der Waals surface area contributed by atoms with Gasteiger partial charge in [-0.15, -0.1) is 0 Å². The number of methoxy groups -OCH3 is 1. The van der Waals surface area contributed by atoms with Gasteiger partial charge in [-0.25, -0.2) is 0 Å². The summed E-state index contributed by atoms with van der Waals surface area (Å²) >= 11 is 0. The monoisotopic (exact) mass is 263 g/mol. The molecule has 0 saturated carbocycles. The second-order valence-corrected chi connectivity index (χ2v) is 4.87. The maximum atomic E-state index is 11.9. The van der Waals surface area contributed by atoms with E-state index in [-0.39, 0.29) is 5.91 Å². The Morgan fingerprint density at radius 1 is 1.47 bits per heavy atom. The van der Waals surface area contributed by atoms with Crippen LogP contribution in [-0.2, 0) is 4.79 Å². The van der Waals surface area contributed by atoms with Gasteiger partial charge in [0.05, 0.1) is 13.7 Å². The Bertz CT molecular complexity index is 419. The zero-order valence-corrected chi connectivity index (χ0v) is 11.5. The van der Waals surface area contributed by atoms with Crippen molar-refractivity contribution in [1.29, 1.82) is 0 Å². The van der Waals surface area contributed by atoms with Gasteiger partial charge in [-0.2, -0.15) is 0 Å². The molecule has 104 valence electrons. The number of rotatable bonds is 4. The summed E-state index contributed by atoms with van der Waals surface area (Å²) in [5.74, 6) is 0.813. The minimum Gasteiger partial charge on any atom is -0.497 e. The van der Waals surface area contributed by atoms with Gasteiger partial charge in [0.2, 0.25) is 5.91 Å². The summed E-state index contributed by atoms with van der Waals surface area (Å²) in [6.45, 7) is 5.35. The highest BCUT2D eigenvalue weighted by Crippen LogP contribution is 2.14. The smallest absolute Gasteiger partial charge is 0.238 e. The van der Waals surface area contributed by atoms with Crippen LogP contribution in [0, 0.1) is 0 Å². The van der Waals surface area contributed by atoms with Crippen molar-refractivity contribution in [3.05, 3.63) is 24.3 Å². The number of carbonyl (C=O) groups is 1. The quantitative estimate of drug-likeness (QED) is 0.848. The molecular weight excluding hydrogens is 242 g/mol. The first-order valence-electron chi connectivity index (χ1n) is 6.57. The SMILES string of the molecule is COc1ccc(NC(=O)CN2CCNC(C)C2)cc1. The summed E-state index contributed by atoms with van der Waals surface area (Å²) in [5.41, 5.74) is 0.800. The van der Waals surface area contributed by atoms with Crippen LogP contribution in [0.25, 0.3) is 0 Å². The number of amides is 1. The van der Waals surface area contributed by atoms with E-state index in [1.54, 1.807) is 7.11 Å². The first-order chi connectivity index (χ1) is 9.17. The molecule has 1 aliphatic heterocycles. The number of anilines is 1. The van der Waals surface area contributed by atoms with Crippen LogP contribution in [0.1, 0.15) is 6.92 Å². The average molecular weight is 263 g/mol. The van der Waals surface area contributed by atoms with Crippen LogP contribution in [0.4, 0.5) is 5.69 Å². The fourth-order valence-corrected chi connectivity index (χ4v) is 2.23. The van der Waals surface area contributed by atoms with Crippen molar-refractivity contribution in [3.8, 4) is 5.75 Å². The van der Waals surface area contributed by atoms with Crippen LogP contribution < -0.4 is 15.4 Å². The minimum atomic E-state index is 0.0271. The largest absolute Gasteiger partial charge is 0.497 e. The van der Waals surface area contributed by atoms with Gasteiger partial charge in [-0.3, -0.25) is 9.69 Å². The molecule has 1 atom stereocenters. The maximum absolute atomic E-state index is 11.9. The molecule has 0 spiro atoms. The zero-order valence-electron chi connectivity index (χ0n) is 11.5. The fraction of sp³-hybridized carbons (Fsp3) is 0.500. The van der Waals surface area contributed by atoms with Crippen molar-refractivity contribution in [3.63, 3.8) is 0 Å². The lowest BCUT2D eigenvalue weighted by Crippen LogP contribution is -2.51. The van der Waals surface area contributed by atoms with E-state index in [0.717, 1.165) is 31.1 Å². The second kappa shape index (κ2) is 6.54. The second-order valence-electron chi connectivity index (χ2n) is 4.87. The number of ether oxygens (including phenoxy) is 1. The van der Waals surface area contributed by atoms with Crippen molar-refractivity contribution in [2.24, 2.45) is 0 Å². The van der Waals surface area contributed by atoms with Gasteiger partial charge >= 0.3 is 0 Å². The molecule has 0 aromatic heterocycles. The van der Waals surface area contributed by atoms with E-state index in [9.17, 15) is 4.79 Å². The highest BCUT2D eigenvalue weighted by molar-refractivity contribution is 5.92. The highest BCUT2D eigenvalue weighted by Gasteiger charge is 2.17. The molecule has 1 unspecified atom stereocenters. The molecule has 2 rings (SSSR count). The van der Waals surface area contributed by atoms with Crippen molar-refractivity contribution >= 4 is 11.6 Å². The molecule has 1 aliphatic rings. The molecule has 1 aromatic carbocycles. The topological polar surface area (TPSA) is 53.6 Å². The van der Waals surface area contributed by atoms with Crippen LogP contribution >= 0.6 is 0 Å². The van der Waals surface area contributed by atoms with E-state index in [0.29, 0.717) is 12.6 Å². The Morgan fingerprint density at radius 2 is 2.21 bits per heavy atom. The highest BCUT2D eigenvalue weighted by atomic mass is 16.5. The van der Waals surface area contributed by atoms with Gasteiger partial charge in [-0.05, 0) is 31.2 Å². The van der Waals surface area contributed by atoms with Crippen LogP contribution in [-0.4, -0.2) is 50.1 Å². The molecule has 2 N–H and O–H groups in total. The molecule has 5 heteroatoms. The Kier molecular flexibility index (Phi) is 4.76. The predicted molar refractivity (Wildman–Crippen MR) is 75.5 cm³/mol. The van der Waals surface area contributed by atoms with E-state index < -0.39 is 0 Å². The lowest BCUT2D eigenvalue weighted by Gasteiger charge is -2.31. The van der Waals surface area contributed by atoms with Crippen LogP contribution in [0.2, 0.25) is 0 Å². The summed E-state index contributed by atoms with van der Waals surface area (Å²) < 4.78 is 5.08. The Balaban J connectivity index is 1.83. The lowest BCUT2D eigenvalue weighted by atomic mass is 10.2. The van der Waals surface area contributed by atoms with Crippen LogP contribution in [0.3, 0.4) is 0 Å². The third-order valence-corrected chi connectivity index (χ3v) is 3.19. The van der Waals surface area contributed by atoms with Gasteiger partial charge < -0.3 is 15.4 Å². The average Bonchev–Trinajstić information content (AvgIpc) is 2.39. The summed E-state index contributed by atoms with van der Waals surface area (Å²) in [5, 5.41) is 6.26. The first-order valence-corrected chi connectivity index (χ1v) is 6.57. The number of nitrogens with zero attached hydrogens (tertiary/aromatic N) is 1. The summed E-state index contributed by atoms with van der Waals surface area (Å²) in [4.78, 5) is 14.1. The Hall–Kier alpha value is -1.59. The molecule has 5 nitrogen and oxygen atoms in total. The number of benzene rings is 1. The van der Waals surface area contributed by atoms with Gasteiger partial charge in [-0.1, -0.05) is 0 Å². The standard InChI is InChI=1S/C14H21N3O2/c1-11-9-17(8-7-15-11)10-14(18)16-12-3-5-13(19-2)6-4-12/h3-6,11,15H,7-10H2,1-2H3,(H,16,18). The van der Waals surface area contributed by atoms with Gasteiger partial charge in [0, 0.05) is 31.4 Å². The number of hydrogen-bond acceptors (Lipinski definition) is 4. The van der Waals surface area contributed by atoms with E-state index in [1.807, 2.05) is 24.3 Å². The number of carbonyl (C=O) groups excluding carboxylic acids is 1. The zero-order chi connectivity index (χ0) is 13.7. The molecule has 19 heavy (non-hydrogen) atoms.